The van der Waals surface area contributed by atoms with Gasteiger partial charge >= 0.3 is 0 Å². The zero-order valence-electron chi connectivity index (χ0n) is 14.1. The van der Waals surface area contributed by atoms with Crippen molar-refractivity contribution in [2.45, 2.75) is 45.1 Å². The number of carbonyl (C=O) groups excluding carboxylic acids is 1. The largest absolute Gasteiger partial charge is 0.341 e. The first-order valence-corrected chi connectivity index (χ1v) is 9.03. The van der Waals surface area contributed by atoms with Crippen molar-refractivity contribution in [3.05, 3.63) is 53.1 Å². The van der Waals surface area contributed by atoms with Gasteiger partial charge in [-0.1, -0.05) is 23.7 Å². The molecule has 1 aromatic carbocycles. The van der Waals surface area contributed by atoms with Gasteiger partial charge in [0.05, 0.1) is 6.04 Å². The monoisotopic (exact) mass is 345 g/mol. The fourth-order valence-corrected chi connectivity index (χ4v) is 3.56. The summed E-state index contributed by atoms with van der Waals surface area (Å²) in [6.07, 6.45) is 8.44. The number of hydrogen-bond donors (Lipinski definition) is 0. The molecule has 4 nitrogen and oxygen atoms in total. The summed E-state index contributed by atoms with van der Waals surface area (Å²) in [5.41, 5.74) is 1.23. The van der Waals surface area contributed by atoms with Crippen LogP contribution in [0.1, 0.15) is 43.1 Å². The molecule has 0 saturated carbocycles. The highest BCUT2D eigenvalue weighted by molar-refractivity contribution is 6.30. The van der Waals surface area contributed by atoms with E-state index in [2.05, 4.69) is 9.55 Å². The molecule has 1 aliphatic rings. The van der Waals surface area contributed by atoms with E-state index in [9.17, 15) is 4.79 Å². The van der Waals surface area contributed by atoms with E-state index in [0.29, 0.717) is 12.5 Å². The molecule has 0 aliphatic carbocycles. The average Bonchev–Trinajstić information content (AvgIpc) is 3.03. The number of aromatic nitrogens is 2. The maximum Gasteiger partial charge on any atom is 0.222 e. The van der Waals surface area contributed by atoms with Gasteiger partial charge in [-0.05, 0) is 50.3 Å². The number of benzene rings is 1. The molecule has 1 aromatic heterocycles. The van der Waals surface area contributed by atoms with Crippen LogP contribution in [0.2, 0.25) is 5.02 Å². The van der Waals surface area contributed by atoms with Crippen LogP contribution in [0, 0.1) is 6.92 Å². The van der Waals surface area contributed by atoms with Gasteiger partial charge in [-0.3, -0.25) is 4.79 Å². The Morgan fingerprint density at radius 1 is 1.33 bits per heavy atom. The van der Waals surface area contributed by atoms with Gasteiger partial charge in [-0.15, -0.1) is 0 Å². The molecular weight excluding hydrogens is 322 g/mol. The summed E-state index contributed by atoms with van der Waals surface area (Å²) in [6.45, 7) is 3.70. The second kappa shape index (κ2) is 7.84. The quantitative estimate of drug-likeness (QED) is 0.820. The predicted octanol–water partition coefficient (Wildman–Crippen LogP) is 4.03. The molecule has 2 aromatic rings. The molecule has 1 fully saturated rings. The van der Waals surface area contributed by atoms with Crippen LogP contribution in [-0.2, 0) is 11.2 Å². The first-order valence-electron chi connectivity index (χ1n) is 8.65. The van der Waals surface area contributed by atoms with Crippen LogP contribution >= 0.6 is 11.6 Å². The Balaban J connectivity index is 1.49. The number of amides is 1. The van der Waals surface area contributed by atoms with Crippen LogP contribution in [0.15, 0.2) is 36.7 Å². The van der Waals surface area contributed by atoms with Crippen LogP contribution in [0.3, 0.4) is 0 Å². The lowest BCUT2D eigenvalue weighted by atomic mass is 10.0. The van der Waals surface area contributed by atoms with E-state index in [1.54, 1.807) is 0 Å². The summed E-state index contributed by atoms with van der Waals surface area (Å²) >= 11 is 5.90. The SMILES string of the molecule is Cc1nccn1[C@H]1CCCN(C(=O)CCCc2ccc(Cl)cc2)C1. The number of piperidine rings is 1. The molecule has 2 heterocycles. The highest BCUT2D eigenvalue weighted by Crippen LogP contribution is 2.23. The number of carbonyl (C=O) groups is 1. The normalized spacial score (nSPS) is 17.9. The third-order valence-electron chi connectivity index (χ3n) is 4.77. The molecule has 1 saturated heterocycles. The van der Waals surface area contributed by atoms with Gasteiger partial charge in [0.1, 0.15) is 5.82 Å². The van der Waals surface area contributed by atoms with Crippen LogP contribution in [-0.4, -0.2) is 33.4 Å². The summed E-state index contributed by atoms with van der Waals surface area (Å²) in [7, 11) is 0. The van der Waals surface area contributed by atoms with E-state index in [1.165, 1.54) is 5.56 Å². The van der Waals surface area contributed by atoms with Crippen LogP contribution in [0.5, 0.6) is 0 Å². The maximum atomic E-state index is 12.5. The zero-order chi connectivity index (χ0) is 16.9. The third kappa shape index (κ3) is 4.18. The minimum atomic E-state index is 0.270. The number of likely N-dealkylation sites (tertiary alicyclic amines) is 1. The van der Waals surface area contributed by atoms with Gasteiger partial charge in [0, 0.05) is 36.9 Å². The predicted molar refractivity (Wildman–Crippen MR) is 96.2 cm³/mol. The second-order valence-corrected chi connectivity index (χ2v) is 6.93. The van der Waals surface area contributed by atoms with Crippen LogP contribution in [0.4, 0.5) is 0 Å². The van der Waals surface area contributed by atoms with Gasteiger partial charge in [0.2, 0.25) is 5.91 Å². The van der Waals surface area contributed by atoms with Crippen LogP contribution in [0.25, 0.3) is 0 Å². The van der Waals surface area contributed by atoms with Gasteiger partial charge in [0.15, 0.2) is 0 Å². The molecule has 0 N–H and O–H groups in total. The van der Waals surface area contributed by atoms with E-state index >= 15 is 0 Å². The Hall–Kier alpha value is -1.81. The average molecular weight is 346 g/mol. The highest BCUT2D eigenvalue weighted by atomic mass is 35.5. The molecule has 5 heteroatoms. The Bertz CT molecular complexity index is 680. The van der Waals surface area contributed by atoms with Crippen molar-refractivity contribution in [1.82, 2.24) is 14.5 Å². The van der Waals surface area contributed by atoms with Crippen LogP contribution < -0.4 is 0 Å². The van der Waals surface area contributed by atoms with Crippen molar-refractivity contribution >= 4 is 17.5 Å². The van der Waals surface area contributed by atoms with Gasteiger partial charge in [-0.2, -0.15) is 0 Å². The lowest BCUT2D eigenvalue weighted by Gasteiger charge is -2.34. The highest BCUT2D eigenvalue weighted by Gasteiger charge is 2.24. The molecule has 0 radical (unpaired) electrons. The Labute approximate surface area is 148 Å². The number of hydrogen-bond acceptors (Lipinski definition) is 2. The molecule has 0 unspecified atom stereocenters. The third-order valence-corrected chi connectivity index (χ3v) is 5.03. The van der Waals surface area contributed by atoms with Crippen molar-refractivity contribution in [3.63, 3.8) is 0 Å². The van der Waals surface area contributed by atoms with E-state index in [1.807, 2.05) is 48.5 Å². The van der Waals surface area contributed by atoms with Gasteiger partial charge in [0.25, 0.3) is 0 Å². The molecule has 1 amide bonds. The molecule has 3 rings (SSSR count). The van der Waals surface area contributed by atoms with Gasteiger partial charge in [-0.25, -0.2) is 4.98 Å². The van der Waals surface area contributed by atoms with Crippen molar-refractivity contribution in [2.75, 3.05) is 13.1 Å². The Morgan fingerprint density at radius 3 is 2.83 bits per heavy atom. The molecule has 1 atom stereocenters. The van der Waals surface area contributed by atoms with Crippen molar-refractivity contribution < 1.29 is 4.79 Å². The summed E-state index contributed by atoms with van der Waals surface area (Å²) in [6, 6.07) is 8.24. The van der Waals surface area contributed by atoms with E-state index in [0.717, 1.165) is 49.6 Å². The lowest BCUT2D eigenvalue weighted by Crippen LogP contribution is -2.40. The Kier molecular flexibility index (Phi) is 5.56. The standard InChI is InChI=1S/C19H24ClN3O/c1-15-21-11-13-23(15)18-5-3-12-22(14-18)19(24)6-2-4-16-7-9-17(20)10-8-16/h7-11,13,18H,2-6,12,14H2,1H3/t18-/m0/s1. The fourth-order valence-electron chi connectivity index (χ4n) is 3.43. The fraction of sp³-hybridized carbons (Fsp3) is 0.474. The van der Waals surface area contributed by atoms with Crippen molar-refractivity contribution in [3.8, 4) is 0 Å². The number of nitrogens with zero attached hydrogens (tertiary/aromatic N) is 3. The smallest absolute Gasteiger partial charge is 0.222 e. The Morgan fingerprint density at radius 2 is 2.12 bits per heavy atom. The molecule has 0 spiro atoms. The molecular formula is C19H24ClN3O. The van der Waals surface area contributed by atoms with E-state index in [-0.39, 0.29) is 5.91 Å². The number of rotatable bonds is 5. The number of imidazole rings is 1. The number of aryl methyl sites for hydroxylation is 2. The first kappa shape index (κ1) is 17.0. The van der Waals surface area contributed by atoms with Crippen molar-refractivity contribution in [2.24, 2.45) is 0 Å². The van der Waals surface area contributed by atoms with E-state index < -0.39 is 0 Å². The summed E-state index contributed by atoms with van der Waals surface area (Å²) < 4.78 is 2.20. The zero-order valence-corrected chi connectivity index (χ0v) is 14.9. The minimum absolute atomic E-state index is 0.270. The molecule has 0 bridgehead atoms. The first-order chi connectivity index (χ1) is 11.6. The molecule has 24 heavy (non-hydrogen) atoms. The summed E-state index contributed by atoms with van der Waals surface area (Å²) in [4.78, 5) is 18.8. The lowest BCUT2D eigenvalue weighted by molar-refractivity contribution is -0.132. The number of halogens is 1. The summed E-state index contributed by atoms with van der Waals surface area (Å²) in [5, 5.41) is 0.754. The second-order valence-electron chi connectivity index (χ2n) is 6.50. The summed E-state index contributed by atoms with van der Waals surface area (Å²) in [5.74, 6) is 1.29. The topological polar surface area (TPSA) is 38.1 Å². The van der Waals surface area contributed by atoms with Crippen molar-refractivity contribution in [1.29, 1.82) is 0 Å². The molecule has 128 valence electrons. The molecule has 1 aliphatic heterocycles. The van der Waals surface area contributed by atoms with Gasteiger partial charge < -0.3 is 9.47 Å². The van der Waals surface area contributed by atoms with E-state index in [4.69, 9.17) is 11.6 Å². The maximum absolute atomic E-state index is 12.5. The minimum Gasteiger partial charge on any atom is -0.341 e.